The molecular formula is C21H22N+. The maximum Gasteiger partial charge on any atom is 0.221 e. The summed E-state index contributed by atoms with van der Waals surface area (Å²) in [5, 5.41) is 2.24. The van der Waals surface area contributed by atoms with E-state index < -0.39 is 0 Å². The number of aromatic nitrogens is 1. The minimum absolute atomic E-state index is 0.922. The molecule has 1 heteroatoms. The minimum atomic E-state index is 0.922. The van der Waals surface area contributed by atoms with Crippen LogP contribution in [0.25, 0.3) is 29.5 Å². The van der Waals surface area contributed by atoms with Crippen LogP contribution >= 0.6 is 0 Å². The second-order valence-corrected chi connectivity index (χ2v) is 6.03. The van der Waals surface area contributed by atoms with Crippen molar-refractivity contribution >= 4 is 18.2 Å². The van der Waals surface area contributed by atoms with Gasteiger partial charge in [0.15, 0.2) is 12.7 Å². The summed E-state index contributed by atoms with van der Waals surface area (Å²) in [6.45, 7) is 15.5. The van der Waals surface area contributed by atoms with Crippen LogP contribution in [0.1, 0.15) is 31.9 Å². The highest BCUT2D eigenvalue weighted by Gasteiger charge is 2.29. The smallest absolute Gasteiger partial charge is 0.193 e. The molecule has 22 heavy (non-hydrogen) atoms. The molecule has 0 N–H and O–H groups in total. The fourth-order valence-electron chi connectivity index (χ4n) is 3.16. The Kier molecular flexibility index (Phi) is 3.58. The van der Waals surface area contributed by atoms with Crippen molar-refractivity contribution in [2.45, 2.75) is 27.3 Å². The lowest BCUT2D eigenvalue weighted by atomic mass is 9.94. The zero-order chi connectivity index (χ0) is 15.9. The molecule has 1 aliphatic rings. The van der Waals surface area contributed by atoms with Gasteiger partial charge in [-0.2, -0.15) is 4.57 Å². The predicted octanol–water partition coefficient (Wildman–Crippen LogP) is 3.19. The Labute approximate surface area is 132 Å². The van der Waals surface area contributed by atoms with E-state index >= 15 is 0 Å². The summed E-state index contributed by atoms with van der Waals surface area (Å²) in [7, 11) is 0. The van der Waals surface area contributed by atoms with Crippen molar-refractivity contribution < 1.29 is 4.57 Å². The van der Waals surface area contributed by atoms with Gasteiger partial charge in [-0.05, 0) is 37.1 Å². The first-order chi connectivity index (χ1) is 10.5. The summed E-state index contributed by atoms with van der Waals surface area (Å²) < 4.78 is 2.30. The molecule has 2 aromatic rings. The number of hydrogen-bond donors (Lipinski definition) is 0. The lowest BCUT2D eigenvalue weighted by Crippen LogP contribution is -2.42. The van der Waals surface area contributed by atoms with Crippen LogP contribution in [-0.2, 0) is 6.54 Å². The van der Waals surface area contributed by atoms with Gasteiger partial charge in [-0.15, -0.1) is 0 Å². The molecule has 1 aliphatic heterocycles. The molecule has 0 spiro atoms. The maximum absolute atomic E-state index is 4.36. The van der Waals surface area contributed by atoms with E-state index in [2.05, 4.69) is 74.2 Å². The first-order valence-electron chi connectivity index (χ1n) is 7.67. The molecule has 110 valence electrons. The van der Waals surface area contributed by atoms with Gasteiger partial charge in [-0.3, -0.25) is 0 Å². The summed E-state index contributed by atoms with van der Waals surface area (Å²) >= 11 is 0. The highest BCUT2D eigenvalue weighted by atomic mass is 15.0. The van der Waals surface area contributed by atoms with Crippen LogP contribution in [0.2, 0.25) is 0 Å². The summed E-state index contributed by atoms with van der Waals surface area (Å²) in [6.07, 6.45) is 6.44. The van der Waals surface area contributed by atoms with Gasteiger partial charge in [0.1, 0.15) is 0 Å². The number of allylic oxidation sites excluding steroid dienone is 3. The maximum atomic E-state index is 4.36. The van der Waals surface area contributed by atoms with E-state index in [1.807, 2.05) is 6.92 Å². The number of fused-ring (bicyclic) bond motifs is 3. The van der Waals surface area contributed by atoms with Gasteiger partial charge in [0, 0.05) is 16.8 Å². The molecular weight excluding hydrogens is 266 g/mol. The fraction of sp³-hybridized carbons (Fsp3) is 0.190. The molecule has 0 aliphatic carbocycles. The predicted molar refractivity (Wildman–Crippen MR) is 94.6 cm³/mol. The van der Waals surface area contributed by atoms with Gasteiger partial charge in [0.05, 0.1) is 5.56 Å². The van der Waals surface area contributed by atoms with E-state index in [1.165, 1.54) is 28.0 Å². The van der Waals surface area contributed by atoms with Crippen LogP contribution in [0.15, 0.2) is 48.7 Å². The number of nitrogens with zero attached hydrogens (tertiary/aromatic N) is 1. The van der Waals surface area contributed by atoms with Gasteiger partial charge in [-0.1, -0.05) is 49.1 Å². The van der Waals surface area contributed by atoms with E-state index in [1.54, 1.807) is 0 Å². The Morgan fingerprint density at radius 1 is 1.23 bits per heavy atom. The van der Waals surface area contributed by atoms with Gasteiger partial charge in [-0.25, -0.2) is 0 Å². The number of pyridine rings is 1. The molecule has 3 rings (SSSR count). The van der Waals surface area contributed by atoms with Gasteiger partial charge in [0.25, 0.3) is 0 Å². The molecule has 0 bridgehead atoms. The molecule has 0 amide bonds. The molecule has 0 unspecified atom stereocenters. The molecule has 0 saturated carbocycles. The van der Waals surface area contributed by atoms with Crippen LogP contribution in [-0.4, -0.2) is 0 Å². The Morgan fingerprint density at radius 2 is 2.00 bits per heavy atom. The average Bonchev–Trinajstić information content (AvgIpc) is 2.88. The van der Waals surface area contributed by atoms with Crippen LogP contribution in [0.5, 0.6) is 0 Å². The van der Waals surface area contributed by atoms with E-state index in [0.29, 0.717) is 0 Å². The molecule has 0 fully saturated rings. The standard InChI is InChI=1S/C21H22N/c1-6-15(4)19-9-7-8-18-13-22-11-10-17(12-14(2)3)16(5)21(22)20(18)19/h6-12H,2,5,13H2,1,3-4H3/q+1/b15-6+,17-12-. The lowest BCUT2D eigenvalue weighted by molar-refractivity contribution is -0.672. The number of hydrogen-bond acceptors (Lipinski definition) is 0. The molecule has 1 nitrogen and oxygen atoms in total. The SMILES string of the molecule is C=C(C)/C=c1/cc[n+]2c(c1=C)-c1c(cccc1/C(C)=C/C)C2. The lowest BCUT2D eigenvalue weighted by Gasteiger charge is -2.06. The third-order valence-corrected chi connectivity index (χ3v) is 4.34. The van der Waals surface area contributed by atoms with Crippen molar-refractivity contribution in [2.75, 3.05) is 0 Å². The average molecular weight is 288 g/mol. The van der Waals surface area contributed by atoms with E-state index in [-0.39, 0.29) is 0 Å². The Hall–Kier alpha value is -2.41. The zero-order valence-corrected chi connectivity index (χ0v) is 13.6. The Balaban J connectivity index is 2.38. The van der Waals surface area contributed by atoms with Gasteiger partial charge in [0.2, 0.25) is 5.69 Å². The largest absolute Gasteiger partial charge is 0.221 e. The highest BCUT2D eigenvalue weighted by molar-refractivity contribution is 5.81. The second-order valence-electron chi connectivity index (χ2n) is 6.03. The first kappa shape index (κ1) is 14.5. The molecule has 2 heterocycles. The monoisotopic (exact) mass is 288 g/mol. The molecule has 0 atom stereocenters. The second kappa shape index (κ2) is 5.42. The van der Waals surface area contributed by atoms with Crippen molar-refractivity contribution in [3.8, 4) is 11.3 Å². The number of benzene rings is 1. The summed E-state index contributed by atoms with van der Waals surface area (Å²) in [5.41, 5.74) is 7.60. The van der Waals surface area contributed by atoms with Crippen LogP contribution < -0.4 is 15.0 Å². The van der Waals surface area contributed by atoms with E-state index in [0.717, 1.165) is 22.6 Å². The van der Waals surface area contributed by atoms with E-state index in [4.69, 9.17) is 0 Å². The van der Waals surface area contributed by atoms with Crippen molar-refractivity contribution in [1.82, 2.24) is 0 Å². The van der Waals surface area contributed by atoms with Crippen molar-refractivity contribution in [3.63, 3.8) is 0 Å². The minimum Gasteiger partial charge on any atom is -0.193 e. The van der Waals surface area contributed by atoms with Crippen molar-refractivity contribution in [1.29, 1.82) is 0 Å². The molecule has 0 radical (unpaired) electrons. The van der Waals surface area contributed by atoms with Crippen LogP contribution in [0, 0.1) is 0 Å². The quantitative estimate of drug-likeness (QED) is 0.638. The highest BCUT2D eigenvalue weighted by Crippen LogP contribution is 2.31. The van der Waals surface area contributed by atoms with E-state index in [9.17, 15) is 0 Å². The van der Waals surface area contributed by atoms with Crippen LogP contribution in [0.3, 0.4) is 0 Å². The van der Waals surface area contributed by atoms with Gasteiger partial charge < -0.3 is 0 Å². The summed E-state index contributed by atoms with van der Waals surface area (Å²) in [6, 6.07) is 8.71. The third kappa shape index (κ3) is 2.23. The molecule has 1 aromatic carbocycles. The Morgan fingerprint density at radius 3 is 2.68 bits per heavy atom. The topological polar surface area (TPSA) is 3.88 Å². The zero-order valence-electron chi connectivity index (χ0n) is 13.6. The Bertz CT molecular complexity index is 914. The molecule has 0 saturated heterocycles. The van der Waals surface area contributed by atoms with Crippen molar-refractivity contribution in [2.24, 2.45) is 0 Å². The van der Waals surface area contributed by atoms with Crippen molar-refractivity contribution in [3.05, 3.63) is 70.3 Å². The normalized spacial score (nSPS) is 14.0. The fourth-order valence-corrected chi connectivity index (χ4v) is 3.16. The number of rotatable bonds is 2. The third-order valence-electron chi connectivity index (χ3n) is 4.34. The van der Waals surface area contributed by atoms with Crippen LogP contribution in [0.4, 0.5) is 0 Å². The summed E-state index contributed by atoms with van der Waals surface area (Å²) in [4.78, 5) is 0. The van der Waals surface area contributed by atoms with Gasteiger partial charge >= 0.3 is 0 Å². The first-order valence-corrected chi connectivity index (χ1v) is 7.67. The summed E-state index contributed by atoms with van der Waals surface area (Å²) in [5.74, 6) is 0. The molecule has 1 aromatic heterocycles.